The quantitative estimate of drug-likeness (QED) is 0.449. The Hall–Kier alpha value is -1.14. The van der Waals surface area contributed by atoms with Gasteiger partial charge < -0.3 is 10.6 Å². The molecule has 0 saturated carbocycles. The van der Waals surface area contributed by atoms with E-state index in [1.165, 1.54) is 0 Å². The molecule has 0 bridgehead atoms. The molecule has 0 aromatic rings. The molecule has 6 heteroatoms. The second kappa shape index (κ2) is 7.28. The molecule has 0 aromatic carbocycles. The summed E-state index contributed by atoms with van der Waals surface area (Å²) in [6.45, 7) is 0.789. The number of carbonyl (C=O) groups excluding carboxylic acids is 2. The minimum Gasteiger partial charge on any atom is -0.359 e. The minimum atomic E-state index is -0.0863. The Kier molecular flexibility index (Phi) is 6.69. The van der Waals surface area contributed by atoms with E-state index < -0.39 is 0 Å². The molecule has 0 heterocycles. The van der Waals surface area contributed by atoms with Crippen molar-refractivity contribution in [3.05, 3.63) is 0 Å². The molecule has 0 radical (unpaired) electrons. The zero-order chi connectivity index (χ0) is 11.0. The first-order valence-electron chi connectivity index (χ1n) is 4.46. The van der Waals surface area contributed by atoms with Crippen molar-refractivity contribution in [2.24, 2.45) is 0 Å². The lowest BCUT2D eigenvalue weighted by Crippen LogP contribution is -2.42. The van der Waals surface area contributed by atoms with Gasteiger partial charge in [0, 0.05) is 34.1 Å². The zero-order valence-electron chi connectivity index (χ0n) is 8.89. The SMILES string of the molecule is CNC(=O)CCN(C)NCC(=O)NC. The normalized spacial score (nSPS) is 10.0. The topological polar surface area (TPSA) is 73.5 Å². The van der Waals surface area contributed by atoms with E-state index >= 15 is 0 Å². The molecular formula is C8H18N4O2. The maximum Gasteiger partial charge on any atom is 0.235 e. The van der Waals surface area contributed by atoms with Crippen molar-refractivity contribution >= 4 is 11.8 Å². The lowest BCUT2D eigenvalue weighted by Gasteiger charge is -2.16. The van der Waals surface area contributed by atoms with Crippen LogP contribution in [0.2, 0.25) is 0 Å². The van der Waals surface area contributed by atoms with Crippen molar-refractivity contribution < 1.29 is 9.59 Å². The summed E-state index contributed by atoms with van der Waals surface area (Å²) in [4.78, 5) is 21.7. The summed E-state index contributed by atoms with van der Waals surface area (Å²) in [7, 11) is 4.96. The number of carbonyl (C=O) groups is 2. The van der Waals surface area contributed by atoms with Crippen LogP contribution < -0.4 is 16.1 Å². The molecule has 0 aliphatic carbocycles. The number of nitrogens with zero attached hydrogens (tertiary/aromatic N) is 1. The van der Waals surface area contributed by atoms with E-state index in [0.29, 0.717) is 13.0 Å². The first-order chi connectivity index (χ1) is 6.60. The van der Waals surface area contributed by atoms with Crippen molar-refractivity contribution in [3.63, 3.8) is 0 Å². The monoisotopic (exact) mass is 202 g/mol. The molecule has 0 unspecified atom stereocenters. The number of rotatable bonds is 6. The van der Waals surface area contributed by atoms with Gasteiger partial charge in [-0.25, -0.2) is 10.4 Å². The summed E-state index contributed by atoms with van der Waals surface area (Å²) < 4.78 is 0. The minimum absolute atomic E-state index is 0.0152. The molecule has 0 aliphatic heterocycles. The molecule has 0 aliphatic rings. The Bertz CT molecular complexity index is 176. The Morgan fingerprint density at radius 1 is 1.14 bits per heavy atom. The molecule has 3 N–H and O–H groups in total. The lowest BCUT2D eigenvalue weighted by molar-refractivity contribution is -0.121. The van der Waals surface area contributed by atoms with Gasteiger partial charge in [0.25, 0.3) is 0 Å². The van der Waals surface area contributed by atoms with E-state index in [2.05, 4.69) is 16.1 Å². The van der Waals surface area contributed by atoms with E-state index in [1.807, 2.05) is 0 Å². The smallest absolute Gasteiger partial charge is 0.235 e. The highest BCUT2D eigenvalue weighted by atomic mass is 16.2. The summed E-state index contributed by atoms with van der Waals surface area (Å²) in [6.07, 6.45) is 0.410. The third kappa shape index (κ3) is 6.38. The van der Waals surface area contributed by atoms with Gasteiger partial charge in [-0.15, -0.1) is 0 Å². The summed E-state index contributed by atoms with van der Waals surface area (Å²) in [5.41, 5.74) is 2.85. The summed E-state index contributed by atoms with van der Waals surface area (Å²) in [6, 6.07) is 0. The highest BCUT2D eigenvalue weighted by Gasteiger charge is 2.03. The number of likely N-dealkylation sites (N-methyl/N-ethyl adjacent to an activating group) is 1. The molecule has 14 heavy (non-hydrogen) atoms. The van der Waals surface area contributed by atoms with E-state index in [0.717, 1.165) is 0 Å². The lowest BCUT2D eigenvalue weighted by atomic mass is 10.4. The standard InChI is InChI=1S/C8H18N4O2/c1-9-7(13)4-5-12(3)11-6-8(14)10-2/h11H,4-6H2,1-3H3,(H,9,13)(H,10,14). The van der Waals surface area contributed by atoms with E-state index in [9.17, 15) is 9.59 Å². The van der Waals surface area contributed by atoms with Crippen LogP contribution >= 0.6 is 0 Å². The number of hydrogen-bond acceptors (Lipinski definition) is 4. The van der Waals surface area contributed by atoms with E-state index in [-0.39, 0.29) is 18.4 Å². The van der Waals surface area contributed by atoms with Crippen LogP contribution in [-0.2, 0) is 9.59 Å². The Balaban J connectivity index is 3.50. The molecule has 2 amide bonds. The molecule has 0 fully saturated rings. The average molecular weight is 202 g/mol. The molecule has 0 atom stereocenters. The van der Waals surface area contributed by atoms with Crippen LogP contribution in [0, 0.1) is 0 Å². The fraction of sp³-hybridized carbons (Fsp3) is 0.750. The fourth-order valence-electron chi connectivity index (χ4n) is 0.768. The van der Waals surface area contributed by atoms with Crippen LogP contribution in [0.15, 0.2) is 0 Å². The first kappa shape index (κ1) is 12.9. The predicted octanol–water partition coefficient (Wildman–Crippen LogP) is -1.70. The molecule has 82 valence electrons. The zero-order valence-corrected chi connectivity index (χ0v) is 8.89. The predicted molar refractivity (Wildman–Crippen MR) is 53.4 cm³/mol. The molecular weight excluding hydrogens is 184 g/mol. The van der Waals surface area contributed by atoms with Gasteiger partial charge in [0.05, 0.1) is 6.54 Å². The number of hydrazine groups is 1. The average Bonchev–Trinajstić information content (AvgIpc) is 2.22. The highest BCUT2D eigenvalue weighted by Crippen LogP contribution is 1.82. The second-order valence-electron chi connectivity index (χ2n) is 2.85. The van der Waals surface area contributed by atoms with E-state index in [4.69, 9.17) is 0 Å². The van der Waals surface area contributed by atoms with Crippen LogP contribution in [0.4, 0.5) is 0 Å². The van der Waals surface area contributed by atoms with Crippen LogP contribution in [0.5, 0.6) is 0 Å². The molecule has 6 nitrogen and oxygen atoms in total. The van der Waals surface area contributed by atoms with Gasteiger partial charge in [-0.2, -0.15) is 0 Å². The molecule has 0 aromatic heterocycles. The van der Waals surface area contributed by atoms with Crippen molar-refractivity contribution in [1.29, 1.82) is 0 Å². The Morgan fingerprint density at radius 3 is 2.21 bits per heavy atom. The number of hydrogen-bond donors (Lipinski definition) is 3. The van der Waals surface area contributed by atoms with Crippen LogP contribution in [-0.4, -0.2) is 51.1 Å². The Labute approximate surface area is 84.0 Å². The van der Waals surface area contributed by atoms with Crippen LogP contribution in [0.3, 0.4) is 0 Å². The van der Waals surface area contributed by atoms with Crippen LogP contribution in [0.25, 0.3) is 0 Å². The fourth-order valence-corrected chi connectivity index (χ4v) is 0.768. The van der Waals surface area contributed by atoms with Gasteiger partial charge in [0.1, 0.15) is 0 Å². The largest absolute Gasteiger partial charge is 0.359 e. The van der Waals surface area contributed by atoms with Crippen molar-refractivity contribution in [3.8, 4) is 0 Å². The second-order valence-corrected chi connectivity index (χ2v) is 2.85. The van der Waals surface area contributed by atoms with Gasteiger partial charge in [0.15, 0.2) is 0 Å². The summed E-state index contributed by atoms with van der Waals surface area (Å²) >= 11 is 0. The Morgan fingerprint density at radius 2 is 1.71 bits per heavy atom. The third-order valence-electron chi connectivity index (χ3n) is 1.74. The molecule has 0 saturated heterocycles. The van der Waals surface area contributed by atoms with Gasteiger partial charge >= 0.3 is 0 Å². The third-order valence-corrected chi connectivity index (χ3v) is 1.74. The number of nitrogens with one attached hydrogen (secondary N) is 3. The summed E-state index contributed by atoms with van der Waals surface area (Å²) in [5.74, 6) is -0.101. The maximum absolute atomic E-state index is 10.9. The van der Waals surface area contributed by atoms with Crippen molar-refractivity contribution in [1.82, 2.24) is 21.1 Å². The van der Waals surface area contributed by atoms with Gasteiger partial charge in [-0.3, -0.25) is 9.59 Å². The summed E-state index contributed by atoms with van der Waals surface area (Å²) in [5, 5.41) is 6.73. The number of amides is 2. The van der Waals surface area contributed by atoms with Gasteiger partial charge in [0.2, 0.25) is 11.8 Å². The maximum atomic E-state index is 10.9. The van der Waals surface area contributed by atoms with Gasteiger partial charge in [-0.05, 0) is 0 Å². The molecule has 0 rings (SSSR count). The van der Waals surface area contributed by atoms with Crippen LogP contribution in [0.1, 0.15) is 6.42 Å². The van der Waals surface area contributed by atoms with Crippen molar-refractivity contribution in [2.45, 2.75) is 6.42 Å². The van der Waals surface area contributed by atoms with E-state index in [1.54, 1.807) is 26.2 Å². The van der Waals surface area contributed by atoms with Crippen molar-refractivity contribution in [2.75, 3.05) is 34.2 Å². The first-order valence-corrected chi connectivity index (χ1v) is 4.46. The molecule has 0 spiro atoms. The van der Waals surface area contributed by atoms with Gasteiger partial charge in [-0.1, -0.05) is 0 Å². The highest BCUT2D eigenvalue weighted by molar-refractivity contribution is 5.77.